The number of rotatable bonds is 2. The van der Waals surface area contributed by atoms with Gasteiger partial charge in [0.2, 0.25) is 0 Å². The lowest BCUT2D eigenvalue weighted by Gasteiger charge is -2.21. The van der Waals surface area contributed by atoms with Crippen LogP contribution in [0.15, 0.2) is 11.6 Å². The molecule has 0 spiro atoms. The van der Waals surface area contributed by atoms with Gasteiger partial charge < -0.3 is 0 Å². The Balaban J connectivity index is 4.63. The van der Waals surface area contributed by atoms with Crippen LogP contribution in [0.4, 0.5) is 0 Å². The molecule has 0 aliphatic carbocycles. The zero-order valence-electron chi connectivity index (χ0n) is 9.73. The van der Waals surface area contributed by atoms with Gasteiger partial charge in [0.25, 0.3) is 0 Å². The maximum Gasteiger partial charge on any atom is -0.0200 e. The minimum Gasteiger partial charge on any atom is -0.0794 e. The average molecular weight is 168 g/mol. The van der Waals surface area contributed by atoms with Gasteiger partial charge in [-0.05, 0) is 17.3 Å². The van der Waals surface area contributed by atoms with Gasteiger partial charge >= 0.3 is 0 Å². The maximum atomic E-state index is 2.42. The first-order chi connectivity index (χ1) is 5.24. The van der Waals surface area contributed by atoms with E-state index in [9.17, 15) is 0 Å². The summed E-state index contributed by atoms with van der Waals surface area (Å²) in [6.07, 6.45) is 2.42. The molecule has 0 heteroatoms. The van der Waals surface area contributed by atoms with Crippen LogP contribution < -0.4 is 0 Å². The van der Waals surface area contributed by atoms with Gasteiger partial charge in [0.15, 0.2) is 0 Å². The smallest absolute Gasteiger partial charge is 0.0200 e. The fourth-order valence-corrected chi connectivity index (χ4v) is 1.50. The molecule has 12 heavy (non-hydrogen) atoms. The van der Waals surface area contributed by atoms with Crippen LogP contribution in [0.1, 0.15) is 48.5 Å². The van der Waals surface area contributed by atoms with Gasteiger partial charge in [0.05, 0.1) is 0 Å². The molecule has 0 nitrogen and oxygen atoms in total. The molecule has 0 atom stereocenters. The van der Waals surface area contributed by atoms with E-state index in [1.807, 2.05) is 0 Å². The van der Waals surface area contributed by atoms with Crippen molar-refractivity contribution in [1.82, 2.24) is 0 Å². The van der Waals surface area contributed by atoms with Crippen molar-refractivity contribution in [2.45, 2.75) is 48.5 Å². The molecule has 0 aromatic carbocycles. The van der Waals surface area contributed by atoms with Crippen molar-refractivity contribution in [2.24, 2.45) is 17.3 Å². The van der Waals surface area contributed by atoms with Gasteiger partial charge in [-0.3, -0.25) is 0 Å². The Morgan fingerprint density at radius 3 is 1.33 bits per heavy atom. The Bertz CT molecular complexity index is 143. The SMILES string of the molecule is CC(C)C(=CC(C)(C)C)C(C)C. The summed E-state index contributed by atoms with van der Waals surface area (Å²) >= 11 is 0. The largest absolute Gasteiger partial charge is 0.0794 e. The predicted molar refractivity (Wildman–Crippen MR) is 57.2 cm³/mol. The van der Waals surface area contributed by atoms with Gasteiger partial charge in [-0.15, -0.1) is 0 Å². The molecule has 0 bridgehead atoms. The van der Waals surface area contributed by atoms with Crippen LogP contribution in [0, 0.1) is 17.3 Å². The van der Waals surface area contributed by atoms with Crippen LogP contribution in [-0.4, -0.2) is 0 Å². The first kappa shape index (κ1) is 11.7. The Kier molecular flexibility index (Phi) is 4.02. The molecule has 0 amide bonds. The van der Waals surface area contributed by atoms with Crippen molar-refractivity contribution in [3.8, 4) is 0 Å². The molecule has 0 saturated carbocycles. The lowest BCUT2D eigenvalue weighted by molar-refractivity contribution is 0.512. The second-order valence-electron chi connectivity index (χ2n) is 5.32. The predicted octanol–water partition coefficient (Wildman–Crippen LogP) is 4.27. The summed E-state index contributed by atoms with van der Waals surface area (Å²) in [5.41, 5.74) is 1.91. The van der Waals surface area contributed by atoms with Crippen LogP contribution in [-0.2, 0) is 0 Å². The van der Waals surface area contributed by atoms with Crippen molar-refractivity contribution >= 4 is 0 Å². The molecular weight excluding hydrogens is 144 g/mol. The average Bonchev–Trinajstić information content (AvgIpc) is 1.79. The minimum atomic E-state index is 0.323. The number of hydrogen-bond donors (Lipinski definition) is 0. The highest BCUT2D eigenvalue weighted by molar-refractivity contribution is 5.11. The summed E-state index contributed by atoms with van der Waals surface area (Å²) < 4.78 is 0. The molecule has 0 aromatic heterocycles. The Hall–Kier alpha value is -0.260. The first-order valence-electron chi connectivity index (χ1n) is 4.96. The van der Waals surface area contributed by atoms with Crippen LogP contribution in [0.3, 0.4) is 0 Å². The van der Waals surface area contributed by atoms with Gasteiger partial charge in [0.1, 0.15) is 0 Å². The Labute approximate surface area is 78.1 Å². The van der Waals surface area contributed by atoms with E-state index in [1.54, 1.807) is 5.57 Å². The third-order valence-electron chi connectivity index (χ3n) is 1.93. The van der Waals surface area contributed by atoms with E-state index in [2.05, 4.69) is 54.5 Å². The molecule has 0 aliphatic heterocycles. The normalized spacial score (nSPS) is 12.4. The number of allylic oxidation sites excluding steroid dienone is 2. The molecule has 0 radical (unpaired) electrons. The van der Waals surface area contributed by atoms with Crippen molar-refractivity contribution < 1.29 is 0 Å². The molecule has 0 heterocycles. The second-order valence-corrected chi connectivity index (χ2v) is 5.32. The van der Waals surface area contributed by atoms with Crippen LogP contribution in [0.5, 0.6) is 0 Å². The van der Waals surface area contributed by atoms with Gasteiger partial charge in [-0.25, -0.2) is 0 Å². The third kappa shape index (κ3) is 4.58. The monoisotopic (exact) mass is 168 g/mol. The van der Waals surface area contributed by atoms with Crippen molar-refractivity contribution in [3.05, 3.63) is 11.6 Å². The quantitative estimate of drug-likeness (QED) is 0.540. The van der Waals surface area contributed by atoms with Crippen molar-refractivity contribution in [2.75, 3.05) is 0 Å². The standard InChI is InChI=1S/C12H24/c1-9(2)11(10(3)4)8-12(5,6)7/h8-10H,1-7H3. The molecule has 0 fully saturated rings. The molecule has 0 N–H and O–H groups in total. The van der Waals surface area contributed by atoms with Crippen molar-refractivity contribution in [1.29, 1.82) is 0 Å². The van der Waals surface area contributed by atoms with Crippen molar-refractivity contribution in [3.63, 3.8) is 0 Å². The van der Waals surface area contributed by atoms with Crippen LogP contribution in [0.25, 0.3) is 0 Å². The summed E-state index contributed by atoms with van der Waals surface area (Å²) in [5, 5.41) is 0. The molecule has 0 unspecified atom stereocenters. The Morgan fingerprint density at radius 2 is 1.25 bits per heavy atom. The lowest BCUT2D eigenvalue weighted by atomic mass is 9.84. The van der Waals surface area contributed by atoms with Crippen LogP contribution >= 0.6 is 0 Å². The highest BCUT2D eigenvalue weighted by atomic mass is 14.2. The summed E-state index contributed by atoms with van der Waals surface area (Å²) in [5.74, 6) is 1.37. The highest BCUT2D eigenvalue weighted by Gasteiger charge is 2.13. The summed E-state index contributed by atoms with van der Waals surface area (Å²) in [6, 6.07) is 0. The topological polar surface area (TPSA) is 0 Å². The zero-order valence-corrected chi connectivity index (χ0v) is 9.73. The highest BCUT2D eigenvalue weighted by Crippen LogP contribution is 2.26. The van der Waals surface area contributed by atoms with Crippen LogP contribution in [0.2, 0.25) is 0 Å². The van der Waals surface area contributed by atoms with Gasteiger partial charge in [0, 0.05) is 0 Å². The van der Waals surface area contributed by atoms with E-state index in [4.69, 9.17) is 0 Å². The summed E-state index contributed by atoms with van der Waals surface area (Å²) in [6.45, 7) is 15.9. The third-order valence-corrected chi connectivity index (χ3v) is 1.93. The maximum absolute atomic E-state index is 2.42. The van der Waals surface area contributed by atoms with E-state index < -0.39 is 0 Å². The molecule has 0 rings (SSSR count). The van der Waals surface area contributed by atoms with E-state index in [0.29, 0.717) is 17.3 Å². The van der Waals surface area contributed by atoms with E-state index in [1.165, 1.54) is 0 Å². The fraction of sp³-hybridized carbons (Fsp3) is 0.833. The molecule has 0 aromatic rings. The first-order valence-corrected chi connectivity index (χ1v) is 4.96. The van der Waals surface area contributed by atoms with E-state index in [0.717, 1.165) is 0 Å². The fourth-order valence-electron chi connectivity index (χ4n) is 1.50. The molecule has 72 valence electrons. The summed E-state index contributed by atoms with van der Waals surface area (Å²) in [4.78, 5) is 0. The van der Waals surface area contributed by atoms with E-state index in [-0.39, 0.29) is 0 Å². The van der Waals surface area contributed by atoms with Gasteiger partial charge in [-0.2, -0.15) is 0 Å². The zero-order chi connectivity index (χ0) is 9.94. The van der Waals surface area contributed by atoms with Gasteiger partial charge in [-0.1, -0.05) is 60.1 Å². The lowest BCUT2D eigenvalue weighted by Crippen LogP contribution is -2.09. The molecule has 0 aliphatic rings. The Morgan fingerprint density at radius 1 is 0.917 bits per heavy atom. The minimum absolute atomic E-state index is 0.323. The number of hydrogen-bond acceptors (Lipinski definition) is 0. The molecule has 0 saturated heterocycles. The van der Waals surface area contributed by atoms with E-state index >= 15 is 0 Å². The molecular formula is C12H24. The summed E-state index contributed by atoms with van der Waals surface area (Å²) in [7, 11) is 0. The second kappa shape index (κ2) is 4.11.